The first-order chi connectivity index (χ1) is 20.0. The van der Waals surface area contributed by atoms with Crippen LogP contribution < -0.4 is 0 Å². The second-order valence-electron chi connectivity index (χ2n) is 11.4. The predicted molar refractivity (Wildman–Crippen MR) is 153 cm³/mol. The number of rotatable bonds is 8. The second-order valence-corrected chi connectivity index (χ2v) is 11.4. The Morgan fingerprint density at radius 2 is 1.51 bits per heavy atom. The van der Waals surface area contributed by atoms with E-state index in [0.717, 1.165) is 54.4 Å². The van der Waals surface area contributed by atoms with Gasteiger partial charge in [-0.1, -0.05) is 60.7 Å². The standard InChI is InChI=1S/C34H31NO6/c36-32(24-15-18-28(19-16-24)35(37)38)39-30-21-27(17-20-29(30)22-7-3-1-4-8-22)34(26-9-5-2-6-10-26)31(23-11-12-23)40-33(41-34)25-13-14-25/h1-10,15-16,18-19,21,23,25,31,33H,11-14,17,20H2/t31-,33-,34+/m0/s1. The Kier molecular flexibility index (Phi) is 6.56. The van der Waals surface area contributed by atoms with Gasteiger partial charge in [0.05, 0.1) is 10.5 Å². The summed E-state index contributed by atoms with van der Waals surface area (Å²) in [6, 6.07) is 25.8. The summed E-state index contributed by atoms with van der Waals surface area (Å²) in [5.74, 6) is 0.753. The third-order valence-electron chi connectivity index (χ3n) is 8.61. The molecule has 4 aliphatic rings. The molecule has 0 unspecified atom stereocenters. The molecule has 41 heavy (non-hydrogen) atoms. The van der Waals surface area contributed by atoms with Crippen molar-refractivity contribution >= 4 is 17.2 Å². The van der Waals surface area contributed by atoms with Crippen LogP contribution in [0.3, 0.4) is 0 Å². The van der Waals surface area contributed by atoms with E-state index >= 15 is 0 Å². The van der Waals surface area contributed by atoms with Gasteiger partial charge in [0.25, 0.3) is 5.69 Å². The van der Waals surface area contributed by atoms with Gasteiger partial charge >= 0.3 is 5.97 Å². The van der Waals surface area contributed by atoms with Gasteiger partial charge in [0.15, 0.2) is 6.29 Å². The molecule has 7 nitrogen and oxygen atoms in total. The normalized spacial score (nSPS) is 26.0. The minimum Gasteiger partial charge on any atom is -0.423 e. The van der Waals surface area contributed by atoms with E-state index in [0.29, 0.717) is 24.0 Å². The van der Waals surface area contributed by atoms with E-state index in [9.17, 15) is 14.9 Å². The van der Waals surface area contributed by atoms with Crippen molar-refractivity contribution in [3.8, 4) is 0 Å². The average Bonchev–Trinajstić information content (AvgIpc) is 3.96. The van der Waals surface area contributed by atoms with Crippen LogP contribution in [0.2, 0.25) is 0 Å². The summed E-state index contributed by atoms with van der Waals surface area (Å²) >= 11 is 0. The van der Waals surface area contributed by atoms with Crippen molar-refractivity contribution in [3.63, 3.8) is 0 Å². The molecule has 0 spiro atoms. The lowest BCUT2D eigenvalue weighted by Crippen LogP contribution is -2.41. The van der Waals surface area contributed by atoms with Gasteiger partial charge in [0, 0.05) is 23.6 Å². The summed E-state index contributed by atoms with van der Waals surface area (Å²) in [5, 5.41) is 11.1. The topological polar surface area (TPSA) is 87.9 Å². The lowest BCUT2D eigenvalue weighted by atomic mass is 9.75. The van der Waals surface area contributed by atoms with Crippen LogP contribution in [-0.4, -0.2) is 23.3 Å². The number of carbonyl (C=O) groups excluding carboxylic acids is 1. The number of nitrogens with zero attached hydrogens (tertiary/aromatic N) is 1. The minimum absolute atomic E-state index is 0.0786. The van der Waals surface area contributed by atoms with Crippen molar-refractivity contribution in [2.45, 2.75) is 56.5 Å². The Labute approximate surface area is 238 Å². The number of esters is 1. The summed E-state index contributed by atoms with van der Waals surface area (Å²) in [6.45, 7) is 0. The molecule has 1 saturated heterocycles. The predicted octanol–water partition coefficient (Wildman–Crippen LogP) is 7.34. The molecule has 3 fully saturated rings. The Bertz CT molecular complexity index is 1520. The largest absolute Gasteiger partial charge is 0.423 e. The van der Waals surface area contributed by atoms with E-state index in [1.165, 1.54) is 24.3 Å². The zero-order chi connectivity index (χ0) is 28.0. The zero-order valence-corrected chi connectivity index (χ0v) is 22.6. The molecular weight excluding hydrogens is 518 g/mol. The Hall–Kier alpha value is -4.07. The highest BCUT2D eigenvalue weighted by atomic mass is 16.7. The molecule has 1 heterocycles. The van der Waals surface area contributed by atoms with Crippen LogP contribution in [-0.2, 0) is 19.8 Å². The number of carbonyl (C=O) groups is 1. The van der Waals surface area contributed by atoms with E-state index in [4.69, 9.17) is 14.2 Å². The quantitative estimate of drug-likeness (QED) is 0.166. The number of non-ortho nitro benzene ring substituents is 1. The lowest BCUT2D eigenvalue weighted by molar-refractivity contribution is -0.384. The fourth-order valence-corrected chi connectivity index (χ4v) is 6.19. The maximum absolute atomic E-state index is 13.4. The first kappa shape index (κ1) is 25.9. The third-order valence-corrected chi connectivity index (χ3v) is 8.61. The van der Waals surface area contributed by atoms with Crippen LogP contribution in [0.4, 0.5) is 5.69 Å². The van der Waals surface area contributed by atoms with Crippen LogP contribution >= 0.6 is 0 Å². The molecule has 208 valence electrons. The third kappa shape index (κ3) is 4.89. The molecule has 7 rings (SSSR count). The van der Waals surface area contributed by atoms with Gasteiger partial charge in [-0.25, -0.2) is 4.79 Å². The average molecular weight is 550 g/mol. The number of allylic oxidation sites excluding steroid dienone is 2. The van der Waals surface area contributed by atoms with Crippen molar-refractivity contribution in [2.24, 2.45) is 11.8 Å². The summed E-state index contributed by atoms with van der Waals surface area (Å²) in [5.41, 5.74) is 3.45. The molecule has 0 bridgehead atoms. The molecule has 7 heteroatoms. The van der Waals surface area contributed by atoms with Crippen molar-refractivity contribution in [1.29, 1.82) is 0 Å². The minimum atomic E-state index is -0.761. The molecule has 0 aromatic heterocycles. The number of nitro groups is 1. The molecule has 3 atom stereocenters. The molecular formula is C34H31NO6. The molecule has 3 aromatic rings. The van der Waals surface area contributed by atoms with Crippen molar-refractivity contribution in [2.75, 3.05) is 0 Å². The van der Waals surface area contributed by atoms with Gasteiger partial charge in [-0.05, 0) is 79.4 Å². The van der Waals surface area contributed by atoms with Crippen molar-refractivity contribution < 1.29 is 23.9 Å². The van der Waals surface area contributed by atoms with Crippen LogP contribution in [0.5, 0.6) is 0 Å². The lowest BCUT2D eigenvalue weighted by Gasteiger charge is -2.38. The van der Waals surface area contributed by atoms with E-state index in [-0.39, 0.29) is 23.6 Å². The maximum atomic E-state index is 13.4. The van der Waals surface area contributed by atoms with Crippen LogP contribution in [0, 0.1) is 22.0 Å². The van der Waals surface area contributed by atoms with Gasteiger partial charge < -0.3 is 14.2 Å². The summed E-state index contributed by atoms with van der Waals surface area (Å²) in [6.07, 6.45) is 7.50. The van der Waals surface area contributed by atoms with Gasteiger partial charge in [0.1, 0.15) is 17.5 Å². The number of hydrogen-bond acceptors (Lipinski definition) is 6. The fraction of sp³-hybridized carbons (Fsp3) is 0.324. The first-order valence-electron chi connectivity index (χ1n) is 14.4. The summed E-state index contributed by atoms with van der Waals surface area (Å²) < 4.78 is 19.8. The number of hydrogen-bond donors (Lipinski definition) is 0. The monoisotopic (exact) mass is 549 g/mol. The van der Waals surface area contributed by atoms with E-state index in [1.807, 2.05) is 54.6 Å². The van der Waals surface area contributed by atoms with Crippen LogP contribution in [0.25, 0.3) is 5.57 Å². The van der Waals surface area contributed by atoms with E-state index in [2.05, 4.69) is 12.1 Å². The van der Waals surface area contributed by atoms with Gasteiger partial charge in [-0.2, -0.15) is 0 Å². The van der Waals surface area contributed by atoms with Gasteiger partial charge in [0.2, 0.25) is 0 Å². The SMILES string of the molecule is O=C(OC1=C(c2ccccc2)CCC([C@@]2(c3ccccc3)O[C@@H](C3CC3)O[C@H]2C2CC2)=C1)c1ccc([N+](=O)[O-])cc1. The Balaban J connectivity index is 1.32. The molecule has 0 N–H and O–H groups in total. The highest BCUT2D eigenvalue weighted by Crippen LogP contribution is 2.58. The zero-order valence-electron chi connectivity index (χ0n) is 22.6. The molecule has 2 saturated carbocycles. The molecule has 3 aliphatic carbocycles. The molecule has 1 aliphatic heterocycles. The first-order valence-corrected chi connectivity index (χ1v) is 14.4. The molecule has 0 radical (unpaired) electrons. The number of benzene rings is 3. The smallest absolute Gasteiger partial charge is 0.343 e. The highest BCUT2D eigenvalue weighted by molar-refractivity contribution is 5.91. The fourth-order valence-electron chi connectivity index (χ4n) is 6.19. The van der Waals surface area contributed by atoms with E-state index < -0.39 is 16.5 Å². The summed E-state index contributed by atoms with van der Waals surface area (Å²) in [4.78, 5) is 24.0. The molecule has 3 aromatic carbocycles. The maximum Gasteiger partial charge on any atom is 0.343 e. The Morgan fingerprint density at radius 1 is 0.854 bits per heavy atom. The van der Waals surface area contributed by atoms with Crippen molar-refractivity contribution in [3.05, 3.63) is 129 Å². The molecule has 0 amide bonds. The summed E-state index contributed by atoms with van der Waals surface area (Å²) in [7, 11) is 0. The van der Waals surface area contributed by atoms with E-state index in [1.54, 1.807) is 0 Å². The second kappa shape index (κ2) is 10.4. The van der Waals surface area contributed by atoms with Gasteiger partial charge in [-0.15, -0.1) is 0 Å². The Morgan fingerprint density at radius 3 is 2.15 bits per heavy atom. The number of ether oxygens (including phenoxy) is 3. The highest BCUT2D eigenvalue weighted by Gasteiger charge is 2.60. The van der Waals surface area contributed by atoms with Crippen LogP contribution in [0.1, 0.15) is 60.0 Å². The van der Waals surface area contributed by atoms with Crippen LogP contribution in [0.15, 0.2) is 102 Å². The number of nitro benzene ring substituents is 1. The van der Waals surface area contributed by atoms with Crippen molar-refractivity contribution in [1.82, 2.24) is 0 Å². The van der Waals surface area contributed by atoms with Gasteiger partial charge in [-0.3, -0.25) is 10.1 Å².